The van der Waals surface area contributed by atoms with Crippen LogP contribution in [0.15, 0.2) is 40.5 Å². The van der Waals surface area contributed by atoms with Gasteiger partial charge in [0.15, 0.2) is 10.8 Å². The number of methoxy groups -OCH3 is 1. The van der Waals surface area contributed by atoms with Gasteiger partial charge in [-0.3, -0.25) is 4.79 Å². The third-order valence-corrected chi connectivity index (χ3v) is 5.48. The van der Waals surface area contributed by atoms with E-state index in [1.807, 2.05) is 0 Å². The molecular weight excluding hydrogens is 487 g/mol. The number of hydrogen-bond donors (Lipinski definition) is 3. The van der Waals surface area contributed by atoms with Crippen molar-refractivity contribution in [2.45, 2.75) is 6.18 Å². The summed E-state index contributed by atoms with van der Waals surface area (Å²) in [4.78, 5) is 28.3. The van der Waals surface area contributed by atoms with Crippen LogP contribution in [0, 0.1) is 11.8 Å². The summed E-state index contributed by atoms with van der Waals surface area (Å²) in [7, 11) is -2.06. The third-order valence-electron chi connectivity index (χ3n) is 3.99. The summed E-state index contributed by atoms with van der Waals surface area (Å²) in [6.07, 6.45) is -4.76. The fraction of sp³-hybridized carbons (Fsp3) is 0.105. The minimum atomic E-state index is -4.76. The normalized spacial score (nSPS) is 11.1. The highest BCUT2D eigenvalue weighted by molar-refractivity contribution is 7.74. The summed E-state index contributed by atoms with van der Waals surface area (Å²) in [6.45, 7) is 0. The molecule has 3 aromatic rings. The fourth-order valence-electron chi connectivity index (χ4n) is 2.59. The molecule has 0 atom stereocenters. The van der Waals surface area contributed by atoms with E-state index in [0.29, 0.717) is 6.07 Å². The number of H-pyrrole nitrogens is 1. The lowest BCUT2D eigenvalue weighted by Gasteiger charge is -2.18. The molecule has 0 fully saturated rings. The highest BCUT2D eigenvalue weighted by atomic mass is 32.2. The number of nitrogens with one attached hydrogen (secondary N) is 1. The number of thiol groups is 1. The largest absolute Gasteiger partial charge is 0.495 e. The molecule has 1 aromatic carbocycles. The maximum Gasteiger partial charge on any atom is 0.431 e. The van der Waals surface area contributed by atoms with Crippen LogP contribution in [-0.2, 0) is 17.1 Å². The number of carbonyl (C=O) groups is 1. The van der Waals surface area contributed by atoms with Crippen molar-refractivity contribution in [3.63, 3.8) is 0 Å². The van der Waals surface area contributed by atoms with Gasteiger partial charge in [-0.15, -0.1) is 11.3 Å². The lowest BCUT2D eigenvalue weighted by molar-refractivity contribution is -0.141. The predicted octanol–water partition coefficient (Wildman–Crippen LogP) is 2.62. The summed E-state index contributed by atoms with van der Waals surface area (Å²) >= 11 is 0.908. The van der Waals surface area contributed by atoms with E-state index in [1.54, 1.807) is 4.98 Å². The maximum atomic E-state index is 12.8. The molecule has 0 aliphatic heterocycles. The van der Waals surface area contributed by atoms with Crippen molar-refractivity contribution in [2.75, 3.05) is 11.4 Å². The van der Waals surface area contributed by atoms with Crippen molar-refractivity contribution in [1.82, 2.24) is 9.97 Å². The molecule has 0 saturated carbocycles. The zero-order chi connectivity index (χ0) is 24.3. The summed E-state index contributed by atoms with van der Waals surface area (Å²) in [6, 6.07) is 5.10. The second-order valence-corrected chi connectivity index (χ2v) is 7.88. The number of thiazole rings is 1. The number of anilines is 2. The van der Waals surface area contributed by atoms with Crippen LogP contribution in [0.3, 0.4) is 0 Å². The molecule has 9 nitrogen and oxygen atoms in total. The van der Waals surface area contributed by atoms with Crippen LogP contribution in [0.5, 0.6) is 5.75 Å². The van der Waals surface area contributed by atoms with Crippen LogP contribution < -0.4 is 14.6 Å². The third kappa shape index (κ3) is 5.51. The van der Waals surface area contributed by atoms with Gasteiger partial charge < -0.3 is 14.8 Å². The number of aromatic nitrogens is 2. The minimum absolute atomic E-state index is 0.00664. The zero-order valence-electron chi connectivity index (χ0n) is 16.3. The Bertz CT molecular complexity index is 1410. The Balaban J connectivity index is 1.98. The van der Waals surface area contributed by atoms with Crippen molar-refractivity contribution in [1.29, 1.82) is 0 Å². The quantitative estimate of drug-likeness (QED) is 0.364. The molecule has 14 heteroatoms. The van der Waals surface area contributed by atoms with Gasteiger partial charge in [0.05, 0.1) is 12.7 Å². The SMILES string of the molecule is COc1cc(C(=O)O)ccc1N(c1csc(C#Cc2cc(C(F)(F)F)[nH]c(=O)c2)n1)[SH](=O)=O. The van der Waals surface area contributed by atoms with Gasteiger partial charge in [0.2, 0.25) is 16.4 Å². The molecule has 0 aliphatic carbocycles. The molecule has 2 heterocycles. The van der Waals surface area contributed by atoms with Crippen molar-refractivity contribution in [3.05, 3.63) is 67.9 Å². The molecule has 3 rings (SSSR count). The van der Waals surface area contributed by atoms with Crippen LogP contribution in [0.4, 0.5) is 24.7 Å². The zero-order valence-corrected chi connectivity index (χ0v) is 18.0. The summed E-state index contributed by atoms with van der Waals surface area (Å²) in [5, 5.41) is 10.5. The Morgan fingerprint density at radius 2 is 1.97 bits per heavy atom. The van der Waals surface area contributed by atoms with E-state index >= 15 is 0 Å². The Morgan fingerprint density at radius 3 is 2.58 bits per heavy atom. The predicted molar refractivity (Wildman–Crippen MR) is 113 cm³/mol. The Labute approximate surface area is 189 Å². The van der Waals surface area contributed by atoms with Gasteiger partial charge in [0.1, 0.15) is 17.1 Å². The van der Waals surface area contributed by atoms with E-state index in [1.165, 1.54) is 24.6 Å². The smallest absolute Gasteiger partial charge is 0.431 e. The number of nitrogens with zero attached hydrogens (tertiary/aromatic N) is 2. The van der Waals surface area contributed by atoms with E-state index in [2.05, 4.69) is 16.8 Å². The van der Waals surface area contributed by atoms with E-state index in [-0.39, 0.29) is 33.4 Å². The van der Waals surface area contributed by atoms with Crippen LogP contribution in [-0.4, -0.2) is 36.6 Å². The molecule has 0 unspecified atom stereocenters. The summed E-state index contributed by atoms with van der Waals surface area (Å²) in [5.74, 6) is 3.51. The highest BCUT2D eigenvalue weighted by Crippen LogP contribution is 2.35. The lowest BCUT2D eigenvalue weighted by atomic mass is 10.2. The topological polar surface area (TPSA) is 130 Å². The van der Waals surface area contributed by atoms with Crippen LogP contribution in [0.25, 0.3) is 0 Å². The van der Waals surface area contributed by atoms with Crippen molar-refractivity contribution in [3.8, 4) is 17.6 Å². The molecule has 2 aromatic heterocycles. The van der Waals surface area contributed by atoms with Gasteiger partial charge >= 0.3 is 12.1 Å². The number of carboxylic acids is 1. The number of hydrogen-bond acceptors (Lipinski definition) is 7. The van der Waals surface area contributed by atoms with Crippen LogP contribution in [0.2, 0.25) is 0 Å². The molecule has 0 saturated heterocycles. The average molecular weight is 499 g/mol. The Hall–Kier alpha value is -3.83. The highest BCUT2D eigenvalue weighted by Gasteiger charge is 2.32. The van der Waals surface area contributed by atoms with Gasteiger partial charge in [-0.05, 0) is 30.2 Å². The summed E-state index contributed by atoms with van der Waals surface area (Å²) < 4.78 is 68.2. The number of halogens is 3. The van der Waals surface area contributed by atoms with Gasteiger partial charge in [0.25, 0.3) is 0 Å². The van der Waals surface area contributed by atoms with Crippen molar-refractivity contribution in [2.24, 2.45) is 0 Å². The number of rotatable bonds is 5. The molecule has 0 radical (unpaired) electrons. The van der Waals surface area contributed by atoms with E-state index < -0.39 is 34.3 Å². The first-order chi connectivity index (χ1) is 15.5. The Morgan fingerprint density at radius 1 is 1.24 bits per heavy atom. The van der Waals surface area contributed by atoms with Gasteiger partial charge in [-0.1, -0.05) is 5.92 Å². The summed E-state index contributed by atoms with van der Waals surface area (Å²) in [5.41, 5.74) is -2.59. The van der Waals surface area contributed by atoms with Gasteiger partial charge in [0, 0.05) is 17.0 Å². The minimum Gasteiger partial charge on any atom is -0.495 e. The molecule has 172 valence electrons. The molecular formula is C19H12F3N3O6S2. The monoisotopic (exact) mass is 499 g/mol. The van der Waals surface area contributed by atoms with Crippen molar-refractivity contribution >= 4 is 39.7 Å². The molecule has 2 N–H and O–H groups in total. The van der Waals surface area contributed by atoms with E-state index in [9.17, 15) is 31.2 Å². The van der Waals surface area contributed by atoms with Gasteiger partial charge in [-0.2, -0.15) is 13.2 Å². The number of benzene rings is 1. The number of alkyl halides is 3. The second kappa shape index (κ2) is 9.35. The molecule has 0 spiro atoms. The average Bonchev–Trinajstić information content (AvgIpc) is 3.19. The number of ether oxygens (including phenoxy) is 1. The second-order valence-electron chi connectivity index (χ2n) is 6.15. The first-order valence-corrected chi connectivity index (χ1v) is 10.7. The Kier molecular flexibility index (Phi) is 6.75. The fourth-order valence-corrected chi connectivity index (χ4v) is 3.91. The van der Waals surface area contributed by atoms with Crippen LogP contribution >= 0.6 is 11.3 Å². The van der Waals surface area contributed by atoms with Crippen LogP contribution in [0.1, 0.15) is 26.6 Å². The molecule has 33 heavy (non-hydrogen) atoms. The van der Waals surface area contributed by atoms with Gasteiger partial charge in [-0.25, -0.2) is 22.5 Å². The first kappa shape index (κ1) is 23.8. The number of carboxylic acid groups (broad SMARTS) is 1. The molecule has 0 bridgehead atoms. The van der Waals surface area contributed by atoms with E-state index in [4.69, 9.17) is 9.84 Å². The number of aromatic amines is 1. The molecule has 0 aliphatic rings. The van der Waals surface area contributed by atoms with E-state index in [0.717, 1.165) is 27.8 Å². The maximum absolute atomic E-state index is 12.8. The number of pyridine rings is 1. The number of aromatic carboxylic acids is 1. The van der Waals surface area contributed by atoms with Crippen molar-refractivity contribution < 1.29 is 36.2 Å². The standard InChI is InChI=1S/C19H12F3N3O6S2/c1-31-13-8-11(18(27)28)3-4-12(13)25(33(29)30)15-9-32-17(24-15)5-2-10-6-14(19(20,21)22)23-16(26)7-10/h3-4,6-9,33H,1H3,(H,23,26)(H,27,28). The molecule has 0 amide bonds. The lowest BCUT2D eigenvalue weighted by Crippen LogP contribution is -2.16. The first-order valence-electron chi connectivity index (χ1n) is 8.64.